The molecule has 0 radical (unpaired) electrons. The molecule has 194 valence electrons. The van der Waals surface area contributed by atoms with Crippen molar-refractivity contribution in [3.05, 3.63) is 84.5 Å². The first kappa shape index (κ1) is 27.1. The number of carbonyl (C=O) groups is 1. The van der Waals surface area contributed by atoms with Crippen LogP contribution in [0.15, 0.2) is 41.2 Å². The van der Waals surface area contributed by atoms with Crippen molar-refractivity contribution in [1.82, 2.24) is 30.0 Å². The minimum absolute atomic E-state index is 0.00725. The van der Waals surface area contributed by atoms with E-state index in [2.05, 4.69) is 15.4 Å². The Morgan fingerprint density at radius 2 is 1.73 bits per heavy atom. The summed E-state index contributed by atoms with van der Waals surface area (Å²) in [6, 6.07) is 10.3. The van der Waals surface area contributed by atoms with Gasteiger partial charge in [0.1, 0.15) is 17.1 Å². The van der Waals surface area contributed by atoms with Crippen LogP contribution in [0, 0.1) is 0 Å². The molecule has 0 fully saturated rings. The lowest BCUT2D eigenvalue weighted by atomic mass is 10.0. The normalized spacial score (nSPS) is 11.6. The molecule has 0 aromatic heterocycles. The van der Waals surface area contributed by atoms with Gasteiger partial charge >= 0.3 is 0 Å². The number of hydrogen-bond acceptors (Lipinski definition) is 5. The quantitative estimate of drug-likeness (QED) is 0.315. The predicted octanol–water partition coefficient (Wildman–Crippen LogP) is 5.03. The third kappa shape index (κ3) is 5.99. The van der Waals surface area contributed by atoms with E-state index in [-0.39, 0.29) is 11.8 Å². The molecule has 2 aliphatic heterocycles. The minimum Gasteiger partial charge on any atom is -0.351 e. The smallest absolute Gasteiger partial charge is 0.284 e. The predicted molar refractivity (Wildman–Crippen MR) is 148 cm³/mol. The van der Waals surface area contributed by atoms with Gasteiger partial charge in [-0.15, -0.1) is 0 Å². The van der Waals surface area contributed by atoms with Crippen molar-refractivity contribution in [2.75, 3.05) is 27.2 Å². The Balaban J connectivity index is 1.68. The number of nitrogens with zero attached hydrogens (tertiary/aromatic N) is 4. The molecule has 0 saturated carbocycles. The molecule has 2 aliphatic rings. The molecule has 1 amide bonds. The van der Waals surface area contributed by atoms with Crippen LogP contribution in [0.5, 0.6) is 0 Å². The summed E-state index contributed by atoms with van der Waals surface area (Å²) >= 11 is 19.1. The van der Waals surface area contributed by atoms with E-state index in [0.717, 1.165) is 12.1 Å². The molecule has 4 rings (SSSR count). The van der Waals surface area contributed by atoms with Gasteiger partial charge < -0.3 is 10.2 Å². The van der Waals surface area contributed by atoms with Crippen molar-refractivity contribution < 1.29 is 4.79 Å². The number of carbonyl (C=O) groups excluding carboxylic acids is 1. The van der Waals surface area contributed by atoms with Gasteiger partial charge in [0.2, 0.25) is 0 Å². The Bertz CT molecular complexity index is 1440. The molecular weight excluding hydrogens is 535 g/mol. The van der Waals surface area contributed by atoms with Gasteiger partial charge in [-0.25, -0.2) is 9.67 Å². The largest absolute Gasteiger partial charge is 0.351 e. The van der Waals surface area contributed by atoms with Crippen molar-refractivity contribution in [2.45, 2.75) is 26.2 Å². The van der Waals surface area contributed by atoms with Crippen LogP contribution in [0.4, 0.5) is 0 Å². The number of H-pyrrole nitrogens is 1. The summed E-state index contributed by atoms with van der Waals surface area (Å²) in [7, 11) is 3.90. The summed E-state index contributed by atoms with van der Waals surface area (Å²) in [5.41, 5.74) is 2.52. The van der Waals surface area contributed by atoms with E-state index in [1.165, 1.54) is 0 Å². The third-order valence-electron chi connectivity index (χ3n) is 5.82. The molecule has 2 aromatic rings. The summed E-state index contributed by atoms with van der Waals surface area (Å²) in [4.78, 5) is 36.5. The van der Waals surface area contributed by atoms with Crippen LogP contribution < -0.4 is 10.9 Å². The molecule has 2 aromatic carbocycles. The number of aromatic nitrogens is 4. The summed E-state index contributed by atoms with van der Waals surface area (Å²) < 4.78 is 1.61. The molecule has 0 spiro atoms. The number of benzene rings is 2. The molecule has 11 heteroatoms. The van der Waals surface area contributed by atoms with Gasteiger partial charge in [0.25, 0.3) is 11.5 Å². The van der Waals surface area contributed by atoms with Gasteiger partial charge in [-0.1, -0.05) is 60.8 Å². The zero-order valence-electron chi connectivity index (χ0n) is 20.9. The molecule has 37 heavy (non-hydrogen) atoms. The summed E-state index contributed by atoms with van der Waals surface area (Å²) in [6.45, 7) is 5.24. The molecule has 0 atom stereocenters. The highest BCUT2D eigenvalue weighted by atomic mass is 35.5. The molecule has 0 saturated heterocycles. The van der Waals surface area contributed by atoms with Crippen molar-refractivity contribution in [3.8, 4) is 17.1 Å². The van der Waals surface area contributed by atoms with Gasteiger partial charge in [-0.05, 0) is 49.8 Å². The first-order chi connectivity index (χ1) is 17.5. The minimum atomic E-state index is -0.392. The molecule has 2 heterocycles. The Morgan fingerprint density at radius 3 is 2.32 bits per heavy atom. The lowest BCUT2D eigenvalue weighted by Crippen LogP contribution is -2.31. The SMILES string of the molecule is CC(C)c1[nH]n(-c2c(Cl)cc(Cl)cc2Cl)c2nc(Cc3ccc(C(=O)NCCN(C)C)cc3)nc(=O)c1-2. The van der Waals surface area contributed by atoms with E-state index in [1.54, 1.807) is 28.9 Å². The average Bonchev–Trinajstić information content (AvgIpc) is 3.18. The number of aromatic amines is 1. The van der Waals surface area contributed by atoms with E-state index in [9.17, 15) is 9.59 Å². The topological polar surface area (TPSA) is 95.9 Å². The highest BCUT2D eigenvalue weighted by Crippen LogP contribution is 2.36. The van der Waals surface area contributed by atoms with Gasteiger partial charge in [-0.2, -0.15) is 4.98 Å². The van der Waals surface area contributed by atoms with E-state index in [0.29, 0.717) is 62.2 Å². The second kappa shape index (κ2) is 11.2. The maximum Gasteiger partial charge on any atom is 0.284 e. The van der Waals surface area contributed by atoms with Crippen LogP contribution in [-0.2, 0) is 6.42 Å². The second-order valence-electron chi connectivity index (χ2n) is 9.31. The van der Waals surface area contributed by atoms with Crippen molar-refractivity contribution in [2.24, 2.45) is 0 Å². The van der Waals surface area contributed by atoms with Crippen LogP contribution in [0.25, 0.3) is 17.1 Å². The average molecular weight is 562 g/mol. The Kier molecular flexibility index (Phi) is 8.23. The standard InChI is InChI=1S/C26H27Cl3N6O2/c1-14(2)22-21-24(35(33-22)23-18(28)12-17(27)13-19(23)29)31-20(32-26(21)37)11-15-5-7-16(8-6-15)25(36)30-9-10-34(3)4/h5-8,12-14,33H,9-11H2,1-4H3,(H,30,36). The first-order valence-corrected chi connectivity index (χ1v) is 12.9. The fourth-order valence-corrected chi connectivity index (χ4v) is 4.94. The first-order valence-electron chi connectivity index (χ1n) is 11.7. The molecule has 0 bridgehead atoms. The van der Waals surface area contributed by atoms with Gasteiger partial charge in [0, 0.05) is 30.1 Å². The van der Waals surface area contributed by atoms with Gasteiger partial charge in [0.05, 0.1) is 15.7 Å². The van der Waals surface area contributed by atoms with Gasteiger partial charge in [0.15, 0.2) is 5.82 Å². The zero-order valence-corrected chi connectivity index (χ0v) is 23.2. The fourth-order valence-electron chi connectivity index (χ4n) is 3.96. The molecule has 0 unspecified atom stereocenters. The van der Waals surface area contributed by atoms with Crippen LogP contribution in [0.1, 0.15) is 47.2 Å². The van der Waals surface area contributed by atoms with E-state index >= 15 is 0 Å². The number of hydrogen-bond donors (Lipinski definition) is 2. The zero-order chi connectivity index (χ0) is 26.9. The second-order valence-corrected chi connectivity index (χ2v) is 10.6. The van der Waals surface area contributed by atoms with Crippen LogP contribution in [0.2, 0.25) is 15.1 Å². The van der Waals surface area contributed by atoms with E-state index < -0.39 is 5.56 Å². The molecule has 2 N–H and O–H groups in total. The lowest BCUT2D eigenvalue weighted by molar-refractivity contribution is 0.0951. The highest BCUT2D eigenvalue weighted by molar-refractivity contribution is 6.40. The summed E-state index contributed by atoms with van der Waals surface area (Å²) in [5.74, 6) is 0.568. The monoisotopic (exact) mass is 560 g/mol. The van der Waals surface area contributed by atoms with Crippen molar-refractivity contribution in [3.63, 3.8) is 0 Å². The Hall–Kier alpha value is -2.91. The van der Waals surface area contributed by atoms with E-state index in [1.807, 2.05) is 45.0 Å². The number of amides is 1. The van der Waals surface area contributed by atoms with Crippen LogP contribution in [-0.4, -0.2) is 57.7 Å². The molecule has 8 nitrogen and oxygen atoms in total. The lowest BCUT2D eigenvalue weighted by Gasteiger charge is -2.12. The summed E-state index contributed by atoms with van der Waals surface area (Å²) in [6.07, 6.45) is 0.304. The third-order valence-corrected chi connectivity index (χ3v) is 6.62. The fraction of sp³-hybridized carbons (Fsp3) is 0.308. The maximum atomic E-state index is 13.1. The number of fused-ring (bicyclic) bond motifs is 1. The highest BCUT2D eigenvalue weighted by Gasteiger charge is 2.27. The number of rotatable bonds is 8. The van der Waals surface area contributed by atoms with Crippen molar-refractivity contribution in [1.29, 1.82) is 0 Å². The van der Waals surface area contributed by atoms with Crippen LogP contribution >= 0.6 is 34.8 Å². The van der Waals surface area contributed by atoms with Crippen molar-refractivity contribution >= 4 is 40.7 Å². The summed E-state index contributed by atoms with van der Waals surface area (Å²) in [5, 5.41) is 7.15. The number of halogens is 3. The van der Waals surface area contributed by atoms with E-state index in [4.69, 9.17) is 39.8 Å². The molecular formula is C26H27Cl3N6O2. The van der Waals surface area contributed by atoms with Crippen LogP contribution in [0.3, 0.4) is 0 Å². The van der Waals surface area contributed by atoms with Gasteiger partial charge in [-0.3, -0.25) is 14.7 Å². The maximum absolute atomic E-state index is 13.1. The molecule has 0 aliphatic carbocycles. The Morgan fingerprint density at radius 1 is 1.08 bits per heavy atom. The number of likely N-dealkylation sites (N-methyl/N-ethyl adjacent to an activating group) is 1. The Labute approximate surface area is 229 Å². The number of nitrogens with one attached hydrogen (secondary N) is 2.